The number of rotatable bonds is 3. The van der Waals surface area contributed by atoms with Crippen molar-refractivity contribution in [2.45, 2.75) is 0 Å². The van der Waals surface area contributed by atoms with Crippen LogP contribution in [0.15, 0.2) is 29.1 Å². The van der Waals surface area contributed by atoms with Gasteiger partial charge in [0.25, 0.3) is 5.56 Å². The van der Waals surface area contributed by atoms with Crippen LogP contribution in [0.5, 0.6) is 5.75 Å². The first-order valence-electron chi connectivity index (χ1n) is 5.87. The highest BCUT2D eigenvalue weighted by Crippen LogP contribution is 2.29. The summed E-state index contributed by atoms with van der Waals surface area (Å²) in [6.07, 6.45) is 5.02. The molecule has 0 unspecified atom stereocenters. The van der Waals surface area contributed by atoms with Crippen LogP contribution in [0.1, 0.15) is 0 Å². The standard InChI is InChI=1S/C15H10F2INO2/c1-3-6-21-9-7-10(16)14(11(17)8-9)13-5-4-12(18)15(20)19(13)2/h1,4-5,7-8H,6H2,2H3. The second-order valence-electron chi connectivity index (χ2n) is 4.19. The average Bonchev–Trinajstić information content (AvgIpc) is 2.44. The van der Waals surface area contributed by atoms with Gasteiger partial charge in [-0.1, -0.05) is 5.92 Å². The van der Waals surface area contributed by atoms with Crippen molar-refractivity contribution in [1.29, 1.82) is 0 Å². The van der Waals surface area contributed by atoms with Gasteiger partial charge in [-0.15, -0.1) is 6.42 Å². The largest absolute Gasteiger partial charge is 0.481 e. The maximum absolute atomic E-state index is 14.1. The van der Waals surface area contributed by atoms with E-state index in [1.807, 2.05) is 22.6 Å². The van der Waals surface area contributed by atoms with Gasteiger partial charge in [0.15, 0.2) is 0 Å². The van der Waals surface area contributed by atoms with E-state index in [0.717, 1.165) is 12.1 Å². The number of benzene rings is 1. The molecule has 21 heavy (non-hydrogen) atoms. The first-order chi connectivity index (χ1) is 9.95. The minimum absolute atomic E-state index is 0.00205. The van der Waals surface area contributed by atoms with Gasteiger partial charge in [0.1, 0.15) is 24.0 Å². The highest BCUT2D eigenvalue weighted by molar-refractivity contribution is 14.1. The number of nitrogens with zero attached hydrogens (tertiary/aromatic N) is 1. The van der Waals surface area contributed by atoms with Gasteiger partial charge in [0, 0.05) is 19.2 Å². The lowest BCUT2D eigenvalue weighted by molar-refractivity contribution is 0.365. The molecule has 0 bridgehead atoms. The Kier molecular flexibility index (Phi) is 4.63. The molecule has 0 aliphatic heterocycles. The molecule has 1 heterocycles. The lowest BCUT2D eigenvalue weighted by atomic mass is 10.1. The quantitative estimate of drug-likeness (QED) is 0.585. The minimum Gasteiger partial charge on any atom is -0.481 e. The molecule has 3 nitrogen and oxygen atoms in total. The molecule has 0 radical (unpaired) electrons. The lowest BCUT2D eigenvalue weighted by Crippen LogP contribution is -2.21. The van der Waals surface area contributed by atoms with Crippen molar-refractivity contribution in [3.63, 3.8) is 0 Å². The molecular weight excluding hydrogens is 391 g/mol. The predicted molar refractivity (Wildman–Crippen MR) is 84.1 cm³/mol. The second kappa shape index (κ2) is 6.26. The molecule has 0 atom stereocenters. The zero-order valence-electron chi connectivity index (χ0n) is 11.0. The Labute approximate surface area is 133 Å². The van der Waals surface area contributed by atoms with Crippen LogP contribution in [-0.2, 0) is 7.05 Å². The highest BCUT2D eigenvalue weighted by Gasteiger charge is 2.17. The SMILES string of the molecule is C#CCOc1cc(F)c(-c2ccc(I)c(=O)n2C)c(F)c1. The summed E-state index contributed by atoms with van der Waals surface area (Å²) in [4.78, 5) is 11.9. The first kappa shape index (κ1) is 15.5. The molecule has 0 amide bonds. The molecule has 0 N–H and O–H groups in total. The van der Waals surface area contributed by atoms with Crippen molar-refractivity contribution in [2.75, 3.05) is 6.61 Å². The Bertz CT molecular complexity index is 770. The molecule has 0 aliphatic carbocycles. The predicted octanol–water partition coefficient (Wildman–Crippen LogP) is 2.95. The Morgan fingerprint density at radius 3 is 2.52 bits per heavy atom. The summed E-state index contributed by atoms with van der Waals surface area (Å²) in [5.41, 5.74) is -0.447. The van der Waals surface area contributed by atoms with E-state index in [0.29, 0.717) is 3.57 Å². The number of terminal acetylenes is 1. The van der Waals surface area contributed by atoms with Crippen molar-refractivity contribution in [3.8, 4) is 29.4 Å². The smallest absolute Gasteiger partial charge is 0.264 e. The third-order valence-corrected chi connectivity index (χ3v) is 3.67. The number of hydrogen-bond acceptors (Lipinski definition) is 2. The molecule has 0 saturated heterocycles. The fourth-order valence-corrected chi connectivity index (χ4v) is 2.40. The van der Waals surface area contributed by atoms with Gasteiger partial charge in [0.2, 0.25) is 0 Å². The molecule has 2 aromatic rings. The molecule has 6 heteroatoms. The lowest BCUT2D eigenvalue weighted by Gasteiger charge is -2.12. The van der Waals surface area contributed by atoms with E-state index in [2.05, 4.69) is 5.92 Å². The van der Waals surface area contributed by atoms with E-state index in [1.54, 1.807) is 0 Å². The first-order valence-corrected chi connectivity index (χ1v) is 6.94. The van der Waals surface area contributed by atoms with E-state index < -0.39 is 11.6 Å². The van der Waals surface area contributed by atoms with Crippen LogP contribution >= 0.6 is 22.6 Å². The summed E-state index contributed by atoms with van der Waals surface area (Å²) in [6, 6.07) is 5.09. The molecule has 0 spiro atoms. The molecule has 2 rings (SSSR count). The van der Waals surface area contributed by atoms with Crippen LogP contribution in [0.25, 0.3) is 11.3 Å². The summed E-state index contributed by atoms with van der Waals surface area (Å²) in [6.45, 7) is -0.0831. The molecule has 1 aromatic heterocycles. The van der Waals surface area contributed by atoms with Crippen molar-refractivity contribution in [3.05, 3.63) is 49.8 Å². The summed E-state index contributed by atoms with van der Waals surface area (Å²) in [5.74, 6) is 0.571. The van der Waals surface area contributed by atoms with E-state index in [4.69, 9.17) is 11.2 Å². The third kappa shape index (κ3) is 3.08. The zero-order chi connectivity index (χ0) is 15.6. The van der Waals surface area contributed by atoms with Gasteiger partial charge in [-0.2, -0.15) is 0 Å². The molecular formula is C15H10F2INO2. The van der Waals surface area contributed by atoms with Crippen molar-refractivity contribution in [1.82, 2.24) is 4.57 Å². The molecule has 0 saturated carbocycles. The van der Waals surface area contributed by atoms with Crippen LogP contribution in [0.4, 0.5) is 8.78 Å². The Hall–Kier alpha value is -1.88. The Morgan fingerprint density at radius 2 is 1.95 bits per heavy atom. The number of aromatic nitrogens is 1. The average molecular weight is 401 g/mol. The molecule has 0 fully saturated rings. The summed E-state index contributed by atoms with van der Waals surface area (Å²) in [5, 5.41) is 0. The Morgan fingerprint density at radius 1 is 1.33 bits per heavy atom. The number of ether oxygens (including phenoxy) is 1. The monoisotopic (exact) mass is 401 g/mol. The van der Waals surface area contributed by atoms with Gasteiger partial charge >= 0.3 is 0 Å². The Balaban J connectivity index is 2.58. The van der Waals surface area contributed by atoms with Gasteiger partial charge < -0.3 is 9.30 Å². The van der Waals surface area contributed by atoms with Crippen LogP contribution in [0.3, 0.4) is 0 Å². The maximum Gasteiger partial charge on any atom is 0.264 e. The number of halogens is 3. The van der Waals surface area contributed by atoms with Crippen molar-refractivity contribution < 1.29 is 13.5 Å². The van der Waals surface area contributed by atoms with E-state index in [-0.39, 0.29) is 29.2 Å². The van der Waals surface area contributed by atoms with Crippen molar-refractivity contribution in [2.24, 2.45) is 7.05 Å². The van der Waals surface area contributed by atoms with Gasteiger partial charge in [0.05, 0.1) is 14.8 Å². The molecule has 1 aromatic carbocycles. The van der Waals surface area contributed by atoms with Crippen LogP contribution in [-0.4, -0.2) is 11.2 Å². The summed E-state index contributed by atoms with van der Waals surface area (Å²) in [7, 11) is 1.46. The third-order valence-electron chi connectivity index (χ3n) is 2.85. The maximum atomic E-state index is 14.1. The van der Waals surface area contributed by atoms with Crippen LogP contribution in [0.2, 0.25) is 0 Å². The normalized spacial score (nSPS) is 10.2. The van der Waals surface area contributed by atoms with Crippen LogP contribution < -0.4 is 10.3 Å². The minimum atomic E-state index is -0.821. The van der Waals surface area contributed by atoms with E-state index in [1.165, 1.54) is 23.7 Å². The highest BCUT2D eigenvalue weighted by atomic mass is 127. The van der Waals surface area contributed by atoms with E-state index in [9.17, 15) is 13.6 Å². The number of pyridine rings is 1. The number of hydrogen-bond donors (Lipinski definition) is 0. The van der Waals surface area contributed by atoms with Gasteiger partial charge in [-0.05, 0) is 34.7 Å². The fourth-order valence-electron chi connectivity index (χ4n) is 1.86. The van der Waals surface area contributed by atoms with Gasteiger partial charge in [-0.3, -0.25) is 4.79 Å². The molecule has 108 valence electrons. The zero-order valence-corrected chi connectivity index (χ0v) is 13.1. The van der Waals surface area contributed by atoms with Gasteiger partial charge in [-0.25, -0.2) is 8.78 Å². The second-order valence-corrected chi connectivity index (χ2v) is 5.35. The van der Waals surface area contributed by atoms with Crippen LogP contribution in [0, 0.1) is 27.5 Å². The summed E-state index contributed by atoms with van der Waals surface area (Å²) < 4.78 is 35.0. The topological polar surface area (TPSA) is 31.2 Å². The summed E-state index contributed by atoms with van der Waals surface area (Å²) >= 11 is 1.86. The molecule has 0 aliphatic rings. The fraction of sp³-hybridized carbons (Fsp3) is 0.133. The van der Waals surface area contributed by atoms with E-state index >= 15 is 0 Å². The van der Waals surface area contributed by atoms with Crippen molar-refractivity contribution >= 4 is 22.6 Å².